The highest BCUT2D eigenvalue weighted by molar-refractivity contribution is 7.94. The first-order valence-corrected chi connectivity index (χ1v) is 6.99. The van der Waals surface area contributed by atoms with Gasteiger partial charge in [-0.1, -0.05) is 6.07 Å². The Labute approximate surface area is 102 Å². The van der Waals surface area contributed by atoms with Crippen molar-refractivity contribution in [2.75, 3.05) is 4.72 Å². The predicted molar refractivity (Wildman–Crippen MR) is 64.1 cm³/mol. The molecule has 0 atom stereocenters. The average Bonchev–Trinajstić information content (AvgIpc) is 2.65. The van der Waals surface area contributed by atoms with Gasteiger partial charge < -0.3 is 0 Å². The van der Waals surface area contributed by atoms with Crippen LogP contribution < -0.4 is 4.72 Å². The Morgan fingerprint density at radius 2 is 2.06 bits per heavy atom. The molecule has 0 saturated carbocycles. The molecule has 2 aromatic rings. The number of rotatable bonds is 3. The zero-order valence-electron chi connectivity index (χ0n) is 8.84. The third-order valence-corrected chi connectivity index (χ3v) is 4.78. The fourth-order valence-corrected chi connectivity index (χ4v) is 3.49. The Kier molecular flexibility index (Phi) is 3.12. The number of nitrogens with one attached hydrogen (secondary N) is 1. The lowest BCUT2D eigenvalue weighted by Gasteiger charge is -2.04. The molecule has 0 aliphatic heterocycles. The number of nitrogens with zero attached hydrogens (tertiary/aromatic N) is 1. The standard InChI is InChI=1S/C10H9FN2O2S2/c1-7-5-6-10(16-7)17(14,15)13-9-4-2-3-8(11)12-9/h2-6H,1H3,(H,12,13). The number of hydrogen-bond acceptors (Lipinski definition) is 4. The average molecular weight is 272 g/mol. The molecule has 4 nitrogen and oxygen atoms in total. The molecular weight excluding hydrogens is 263 g/mol. The van der Waals surface area contributed by atoms with Crippen LogP contribution in [-0.2, 0) is 10.0 Å². The molecule has 0 aliphatic carbocycles. The second-order valence-corrected chi connectivity index (χ2v) is 6.51. The molecule has 2 rings (SSSR count). The molecule has 0 bridgehead atoms. The van der Waals surface area contributed by atoms with E-state index in [0.717, 1.165) is 22.3 Å². The number of pyridine rings is 1. The second-order valence-electron chi connectivity index (χ2n) is 3.32. The van der Waals surface area contributed by atoms with Gasteiger partial charge in [0.1, 0.15) is 10.0 Å². The summed E-state index contributed by atoms with van der Waals surface area (Å²) in [6.07, 6.45) is 0. The van der Waals surface area contributed by atoms with Crippen LogP contribution in [0.25, 0.3) is 0 Å². The summed E-state index contributed by atoms with van der Waals surface area (Å²) in [6, 6.07) is 7.13. The van der Waals surface area contributed by atoms with Crippen molar-refractivity contribution in [2.24, 2.45) is 0 Å². The lowest BCUT2D eigenvalue weighted by molar-refractivity contribution is 0.585. The minimum absolute atomic E-state index is 0.0314. The number of halogens is 1. The van der Waals surface area contributed by atoms with Crippen LogP contribution in [-0.4, -0.2) is 13.4 Å². The van der Waals surface area contributed by atoms with E-state index in [0.29, 0.717) is 0 Å². The zero-order chi connectivity index (χ0) is 12.5. The molecule has 0 amide bonds. The number of aryl methyl sites for hydroxylation is 1. The minimum Gasteiger partial charge on any atom is -0.263 e. The lowest BCUT2D eigenvalue weighted by atomic mass is 10.5. The van der Waals surface area contributed by atoms with Crippen molar-refractivity contribution >= 4 is 27.2 Å². The summed E-state index contributed by atoms with van der Waals surface area (Å²) < 4.78 is 38.9. The largest absolute Gasteiger partial charge is 0.272 e. The highest BCUT2D eigenvalue weighted by atomic mass is 32.2. The van der Waals surface area contributed by atoms with Gasteiger partial charge in [0, 0.05) is 4.88 Å². The van der Waals surface area contributed by atoms with E-state index in [-0.39, 0.29) is 10.0 Å². The lowest BCUT2D eigenvalue weighted by Crippen LogP contribution is -2.12. The smallest absolute Gasteiger partial charge is 0.263 e. The molecule has 0 unspecified atom stereocenters. The van der Waals surface area contributed by atoms with Gasteiger partial charge in [-0.25, -0.2) is 13.4 Å². The van der Waals surface area contributed by atoms with Crippen molar-refractivity contribution in [1.82, 2.24) is 4.98 Å². The Morgan fingerprint density at radius 1 is 1.29 bits per heavy atom. The SMILES string of the molecule is Cc1ccc(S(=O)(=O)Nc2cccc(F)n2)s1. The molecule has 0 radical (unpaired) electrons. The van der Waals surface area contributed by atoms with E-state index in [1.165, 1.54) is 18.2 Å². The van der Waals surface area contributed by atoms with Crippen molar-refractivity contribution < 1.29 is 12.8 Å². The predicted octanol–water partition coefficient (Wildman–Crippen LogP) is 2.39. The van der Waals surface area contributed by atoms with Gasteiger partial charge in [-0.05, 0) is 31.2 Å². The highest BCUT2D eigenvalue weighted by Gasteiger charge is 2.16. The zero-order valence-corrected chi connectivity index (χ0v) is 10.5. The molecule has 0 aliphatic rings. The fraction of sp³-hybridized carbons (Fsp3) is 0.100. The second kappa shape index (κ2) is 4.42. The van der Waals surface area contributed by atoms with Gasteiger partial charge in [0.15, 0.2) is 0 Å². The molecule has 17 heavy (non-hydrogen) atoms. The summed E-state index contributed by atoms with van der Waals surface area (Å²) in [4.78, 5) is 4.33. The summed E-state index contributed by atoms with van der Waals surface area (Å²) in [5.41, 5.74) is 0. The van der Waals surface area contributed by atoms with Crippen LogP contribution in [0.1, 0.15) is 4.88 Å². The third kappa shape index (κ3) is 2.80. The number of hydrogen-bond donors (Lipinski definition) is 1. The maximum atomic E-state index is 12.8. The van der Waals surface area contributed by atoms with Crippen LogP contribution in [0.15, 0.2) is 34.5 Å². The summed E-state index contributed by atoms with van der Waals surface area (Å²) >= 11 is 1.15. The van der Waals surface area contributed by atoms with Crippen molar-refractivity contribution in [3.05, 3.63) is 41.2 Å². The Morgan fingerprint density at radius 3 is 2.65 bits per heavy atom. The Balaban J connectivity index is 2.29. The topological polar surface area (TPSA) is 59.1 Å². The van der Waals surface area contributed by atoms with E-state index in [9.17, 15) is 12.8 Å². The molecule has 2 aromatic heterocycles. The number of aromatic nitrogens is 1. The molecule has 2 heterocycles. The molecule has 0 aromatic carbocycles. The van der Waals surface area contributed by atoms with Gasteiger partial charge in [0.2, 0.25) is 5.95 Å². The number of thiophene rings is 1. The van der Waals surface area contributed by atoms with E-state index < -0.39 is 16.0 Å². The first kappa shape index (κ1) is 12.0. The van der Waals surface area contributed by atoms with Gasteiger partial charge in [-0.3, -0.25) is 4.72 Å². The van der Waals surface area contributed by atoms with E-state index in [1.807, 2.05) is 6.92 Å². The van der Waals surface area contributed by atoms with E-state index in [2.05, 4.69) is 9.71 Å². The van der Waals surface area contributed by atoms with Crippen LogP contribution in [0.3, 0.4) is 0 Å². The summed E-state index contributed by atoms with van der Waals surface area (Å²) in [5, 5.41) is 0. The number of anilines is 1. The molecular formula is C10H9FN2O2S2. The quantitative estimate of drug-likeness (QED) is 0.873. The van der Waals surface area contributed by atoms with Gasteiger partial charge in [-0.15, -0.1) is 11.3 Å². The monoisotopic (exact) mass is 272 g/mol. The molecule has 0 spiro atoms. The Bertz CT molecular complexity index is 637. The van der Waals surface area contributed by atoms with Crippen LogP contribution in [0.5, 0.6) is 0 Å². The van der Waals surface area contributed by atoms with Gasteiger partial charge in [-0.2, -0.15) is 4.39 Å². The maximum absolute atomic E-state index is 12.8. The van der Waals surface area contributed by atoms with Crippen LogP contribution >= 0.6 is 11.3 Å². The van der Waals surface area contributed by atoms with E-state index in [4.69, 9.17) is 0 Å². The van der Waals surface area contributed by atoms with Crippen LogP contribution in [0, 0.1) is 12.9 Å². The highest BCUT2D eigenvalue weighted by Crippen LogP contribution is 2.22. The van der Waals surface area contributed by atoms with Gasteiger partial charge in [0.05, 0.1) is 0 Å². The molecule has 7 heteroatoms. The molecule has 1 N–H and O–H groups in total. The Hall–Kier alpha value is -1.47. The molecule has 0 fully saturated rings. The first-order chi connectivity index (χ1) is 7.97. The summed E-state index contributed by atoms with van der Waals surface area (Å²) in [7, 11) is -3.67. The minimum atomic E-state index is -3.67. The van der Waals surface area contributed by atoms with Crippen molar-refractivity contribution in [3.63, 3.8) is 0 Å². The van der Waals surface area contributed by atoms with Gasteiger partial charge in [0.25, 0.3) is 10.0 Å². The van der Waals surface area contributed by atoms with E-state index >= 15 is 0 Å². The van der Waals surface area contributed by atoms with Crippen molar-refractivity contribution in [3.8, 4) is 0 Å². The van der Waals surface area contributed by atoms with Crippen molar-refractivity contribution in [2.45, 2.75) is 11.1 Å². The maximum Gasteiger partial charge on any atom is 0.272 e. The van der Waals surface area contributed by atoms with Crippen LogP contribution in [0.2, 0.25) is 0 Å². The number of sulfonamides is 1. The van der Waals surface area contributed by atoms with Crippen molar-refractivity contribution in [1.29, 1.82) is 0 Å². The normalized spacial score (nSPS) is 11.4. The molecule has 90 valence electrons. The van der Waals surface area contributed by atoms with Crippen LogP contribution in [0.4, 0.5) is 10.2 Å². The third-order valence-electron chi connectivity index (χ3n) is 1.93. The van der Waals surface area contributed by atoms with Gasteiger partial charge >= 0.3 is 0 Å². The molecule has 0 saturated heterocycles. The first-order valence-electron chi connectivity index (χ1n) is 4.69. The fourth-order valence-electron chi connectivity index (χ4n) is 1.21. The summed E-state index contributed by atoms with van der Waals surface area (Å²) in [5.74, 6) is -0.761. The summed E-state index contributed by atoms with van der Waals surface area (Å²) in [6.45, 7) is 1.81. The van der Waals surface area contributed by atoms with E-state index in [1.54, 1.807) is 6.07 Å².